The van der Waals surface area contributed by atoms with E-state index in [9.17, 15) is 22.8 Å². The third-order valence-corrected chi connectivity index (χ3v) is 2.07. The molecule has 0 saturated carbocycles. The van der Waals surface area contributed by atoms with Crippen molar-refractivity contribution in [3.05, 3.63) is 0 Å². The zero-order chi connectivity index (χ0) is 16.7. The van der Waals surface area contributed by atoms with Crippen molar-refractivity contribution in [1.82, 2.24) is 5.32 Å². The van der Waals surface area contributed by atoms with E-state index < -0.39 is 42.9 Å². The molecule has 0 aromatic rings. The predicted molar refractivity (Wildman–Crippen MR) is 66.8 cm³/mol. The average Bonchev–Trinajstić information content (AvgIpc) is 2.23. The fraction of sp³-hybridized carbons (Fsp3) is 0.833. The predicted octanol–water partition coefficient (Wildman–Crippen LogP) is 1.34. The van der Waals surface area contributed by atoms with Crippen molar-refractivity contribution in [1.29, 1.82) is 0 Å². The van der Waals surface area contributed by atoms with Gasteiger partial charge in [0, 0.05) is 13.0 Å². The van der Waals surface area contributed by atoms with Gasteiger partial charge in [0.05, 0.1) is 5.60 Å². The van der Waals surface area contributed by atoms with E-state index in [4.69, 9.17) is 9.84 Å². The Balaban J connectivity index is 4.13. The second-order valence-corrected chi connectivity index (χ2v) is 5.32. The van der Waals surface area contributed by atoms with Gasteiger partial charge in [0.15, 0.2) is 0 Å². The van der Waals surface area contributed by atoms with Crippen LogP contribution in [0.2, 0.25) is 0 Å². The maximum atomic E-state index is 11.8. The fourth-order valence-electron chi connectivity index (χ4n) is 1.24. The number of alkyl halides is 3. The standard InChI is InChI=1S/C12H20F3NO5/c1-11(2,3)21-5-4-8(10(18)19)16-9(17)6-20-7-12(13,14)15/h8H,4-7H2,1-3H3,(H,16,17)(H,18,19). The van der Waals surface area contributed by atoms with Crippen molar-refractivity contribution in [3.63, 3.8) is 0 Å². The summed E-state index contributed by atoms with van der Waals surface area (Å²) in [5.74, 6) is -2.22. The minimum Gasteiger partial charge on any atom is -0.480 e. The molecule has 2 N–H and O–H groups in total. The number of rotatable bonds is 8. The molecule has 0 aliphatic carbocycles. The summed E-state index contributed by atoms with van der Waals surface area (Å²) in [4.78, 5) is 22.2. The van der Waals surface area contributed by atoms with Crippen LogP contribution in [0.15, 0.2) is 0 Å². The number of carboxylic acid groups (broad SMARTS) is 1. The van der Waals surface area contributed by atoms with Crippen LogP contribution in [-0.2, 0) is 19.1 Å². The highest BCUT2D eigenvalue weighted by molar-refractivity contribution is 5.84. The van der Waals surface area contributed by atoms with Crippen LogP contribution in [0, 0.1) is 0 Å². The van der Waals surface area contributed by atoms with E-state index in [0.29, 0.717) is 0 Å². The van der Waals surface area contributed by atoms with Gasteiger partial charge in [0.25, 0.3) is 0 Å². The maximum absolute atomic E-state index is 11.8. The molecule has 0 aromatic heterocycles. The quantitative estimate of drug-likeness (QED) is 0.706. The van der Waals surface area contributed by atoms with E-state index in [1.807, 2.05) is 0 Å². The number of carbonyl (C=O) groups excluding carboxylic acids is 1. The molecule has 1 unspecified atom stereocenters. The molecule has 0 aliphatic rings. The molecule has 0 radical (unpaired) electrons. The molecule has 1 amide bonds. The van der Waals surface area contributed by atoms with Gasteiger partial charge >= 0.3 is 12.1 Å². The molecule has 0 heterocycles. The highest BCUT2D eigenvalue weighted by Gasteiger charge is 2.28. The molecule has 21 heavy (non-hydrogen) atoms. The number of ether oxygens (including phenoxy) is 2. The second-order valence-electron chi connectivity index (χ2n) is 5.32. The molecule has 0 bridgehead atoms. The third kappa shape index (κ3) is 12.1. The van der Waals surface area contributed by atoms with Crippen LogP contribution in [0.3, 0.4) is 0 Å². The minimum atomic E-state index is -4.53. The summed E-state index contributed by atoms with van der Waals surface area (Å²) in [7, 11) is 0. The summed E-state index contributed by atoms with van der Waals surface area (Å²) in [6, 6.07) is -1.24. The van der Waals surface area contributed by atoms with Crippen molar-refractivity contribution >= 4 is 11.9 Å². The summed E-state index contributed by atoms with van der Waals surface area (Å²) < 4.78 is 44.9. The molecule has 124 valence electrons. The van der Waals surface area contributed by atoms with E-state index in [2.05, 4.69) is 10.1 Å². The topological polar surface area (TPSA) is 84.9 Å². The Morgan fingerprint density at radius 1 is 1.24 bits per heavy atom. The minimum absolute atomic E-state index is 0.00237. The molecule has 0 aromatic carbocycles. The average molecular weight is 315 g/mol. The Kier molecular flexibility index (Phi) is 7.65. The summed E-state index contributed by atoms with van der Waals surface area (Å²) in [6.07, 6.45) is -4.54. The maximum Gasteiger partial charge on any atom is 0.411 e. The Morgan fingerprint density at radius 2 is 1.81 bits per heavy atom. The van der Waals surface area contributed by atoms with Crippen LogP contribution < -0.4 is 5.32 Å². The number of hydrogen-bond acceptors (Lipinski definition) is 4. The molecule has 6 nitrogen and oxygen atoms in total. The van der Waals surface area contributed by atoms with E-state index >= 15 is 0 Å². The van der Waals surface area contributed by atoms with Crippen LogP contribution in [0.1, 0.15) is 27.2 Å². The van der Waals surface area contributed by atoms with Crippen molar-refractivity contribution in [2.24, 2.45) is 0 Å². The van der Waals surface area contributed by atoms with Gasteiger partial charge in [-0.15, -0.1) is 0 Å². The van der Waals surface area contributed by atoms with Crippen molar-refractivity contribution in [2.45, 2.75) is 45.0 Å². The van der Waals surface area contributed by atoms with Crippen LogP contribution in [0.25, 0.3) is 0 Å². The number of halogens is 3. The van der Waals surface area contributed by atoms with Crippen LogP contribution >= 0.6 is 0 Å². The number of hydrogen-bond donors (Lipinski definition) is 2. The van der Waals surface area contributed by atoms with E-state index in [1.54, 1.807) is 20.8 Å². The van der Waals surface area contributed by atoms with Gasteiger partial charge in [0.1, 0.15) is 19.3 Å². The first-order valence-corrected chi connectivity index (χ1v) is 6.21. The molecule has 0 fully saturated rings. The highest BCUT2D eigenvalue weighted by Crippen LogP contribution is 2.14. The van der Waals surface area contributed by atoms with Gasteiger partial charge in [0.2, 0.25) is 5.91 Å². The zero-order valence-electron chi connectivity index (χ0n) is 12.1. The molecule has 0 rings (SSSR count). The second kappa shape index (κ2) is 8.18. The Bertz CT molecular complexity index is 352. The first-order valence-electron chi connectivity index (χ1n) is 6.21. The first kappa shape index (κ1) is 19.7. The lowest BCUT2D eigenvalue weighted by atomic mass is 10.2. The lowest BCUT2D eigenvalue weighted by molar-refractivity contribution is -0.176. The van der Waals surface area contributed by atoms with Gasteiger partial charge < -0.3 is 19.9 Å². The lowest BCUT2D eigenvalue weighted by Gasteiger charge is -2.21. The van der Waals surface area contributed by atoms with Crippen molar-refractivity contribution in [2.75, 3.05) is 19.8 Å². The summed E-state index contributed by atoms with van der Waals surface area (Å²) >= 11 is 0. The molecule has 0 aliphatic heterocycles. The molecule has 1 atom stereocenters. The number of aliphatic carboxylic acids is 1. The first-order chi connectivity index (χ1) is 9.41. The fourth-order valence-corrected chi connectivity index (χ4v) is 1.24. The number of nitrogens with one attached hydrogen (secondary N) is 1. The largest absolute Gasteiger partial charge is 0.480 e. The Morgan fingerprint density at radius 3 is 2.24 bits per heavy atom. The van der Waals surface area contributed by atoms with Crippen molar-refractivity contribution < 1.29 is 37.3 Å². The summed E-state index contributed by atoms with van der Waals surface area (Å²) in [5, 5.41) is 11.0. The Hall–Kier alpha value is -1.35. The van der Waals surface area contributed by atoms with Gasteiger partial charge in [-0.05, 0) is 20.8 Å². The molecule has 0 saturated heterocycles. The van der Waals surface area contributed by atoms with Crippen LogP contribution in [-0.4, -0.2) is 54.6 Å². The number of carbonyl (C=O) groups is 2. The van der Waals surface area contributed by atoms with E-state index in [-0.39, 0.29) is 13.0 Å². The van der Waals surface area contributed by atoms with Crippen LogP contribution in [0.5, 0.6) is 0 Å². The van der Waals surface area contributed by atoms with Gasteiger partial charge in [-0.2, -0.15) is 13.2 Å². The highest BCUT2D eigenvalue weighted by atomic mass is 19.4. The number of amides is 1. The van der Waals surface area contributed by atoms with Crippen molar-refractivity contribution in [3.8, 4) is 0 Å². The SMILES string of the molecule is CC(C)(C)OCCC(NC(=O)COCC(F)(F)F)C(=O)O. The smallest absolute Gasteiger partial charge is 0.411 e. The van der Waals surface area contributed by atoms with E-state index in [0.717, 1.165) is 0 Å². The third-order valence-electron chi connectivity index (χ3n) is 2.07. The molecular formula is C12H20F3NO5. The zero-order valence-corrected chi connectivity index (χ0v) is 12.1. The molecule has 9 heteroatoms. The monoisotopic (exact) mass is 315 g/mol. The van der Waals surface area contributed by atoms with E-state index in [1.165, 1.54) is 0 Å². The molecule has 0 spiro atoms. The summed E-state index contributed by atoms with van der Waals surface area (Å²) in [6.45, 7) is 3.02. The van der Waals surface area contributed by atoms with Gasteiger partial charge in [-0.25, -0.2) is 4.79 Å². The normalized spacial score (nSPS) is 13.8. The Labute approximate surface area is 120 Å². The van der Waals surface area contributed by atoms with Gasteiger partial charge in [-0.3, -0.25) is 4.79 Å². The van der Waals surface area contributed by atoms with Gasteiger partial charge in [-0.1, -0.05) is 0 Å². The summed E-state index contributed by atoms with van der Waals surface area (Å²) in [5.41, 5.74) is -0.455. The number of carboxylic acids is 1. The van der Waals surface area contributed by atoms with Crippen LogP contribution in [0.4, 0.5) is 13.2 Å². The molecular weight excluding hydrogens is 295 g/mol. The lowest BCUT2D eigenvalue weighted by Crippen LogP contribution is -2.43.